The van der Waals surface area contributed by atoms with Crippen LogP contribution in [-0.4, -0.2) is 19.7 Å². The molecule has 1 aliphatic rings. The van der Waals surface area contributed by atoms with E-state index in [0.29, 0.717) is 18.0 Å². The summed E-state index contributed by atoms with van der Waals surface area (Å²) in [5.74, 6) is 0.0218. The van der Waals surface area contributed by atoms with Crippen LogP contribution in [0, 0.1) is 5.82 Å². The van der Waals surface area contributed by atoms with Gasteiger partial charge in [0.25, 0.3) is 0 Å². The Hall–Kier alpha value is -2.14. The third-order valence-corrected chi connectivity index (χ3v) is 4.78. The Balaban J connectivity index is 1.83. The predicted molar refractivity (Wildman–Crippen MR) is 85.5 cm³/mol. The van der Waals surface area contributed by atoms with E-state index in [1.807, 2.05) is 0 Å². The van der Waals surface area contributed by atoms with Crippen molar-refractivity contribution in [2.75, 3.05) is 0 Å². The molecule has 118 valence electrons. The van der Waals surface area contributed by atoms with Crippen LogP contribution in [0.5, 0.6) is 5.88 Å². The Bertz CT molecular complexity index is 889. The molecule has 0 radical (unpaired) electrons. The molecule has 4 rings (SSSR count). The molecule has 0 saturated heterocycles. The van der Waals surface area contributed by atoms with Gasteiger partial charge >= 0.3 is 0 Å². The zero-order valence-corrected chi connectivity index (χ0v) is 13.1. The van der Waals surface area contributed by atoms with Crippen LogP contribution in [0.15, 0.2) is 30.5 Å². The average Bonchev–Trinajstić information content (AvgIpc) is 2.93. The second kappa shape index (κ2) is 5.49. The summed E-state index contributed by atoms with van der Waals surface area (Å²) in [5.41, 5.74) is 3.14. The zero-order valence-electron chi connectivity index (χ0n) is 12.3. The lowest BCUT2D eigenvalue weighted by atomic mass is 9.80. The quantitative estimate of drug-likeness (QED) is 0.786. The molecule has 23 heavy (non-hydrogen) atoms. The molecule has 1 N–H and O–H groups in total. The van der Waals surface area contributed by atoms with Gasteiger partial charge in [-0.2, -0.15) is 9.61 Å². The summed E-state index contributed by atoms with van der Waals surface area (Å²) in [7, 11) is 0. The summed E-state index contributed by atoms with van der Waals surface area (Å²) in [6, 6.07) is 6.39. The summed E-state index contributed by atoms with van der Waals surface area (Å²) >= 11 is 5.87. The van der Waals surface area contributed by atoms with Crippen LogP contribution in [0.4, 0.5) is 4.39 Å². The van der Waals surface area contributed by atoms with Gasteiger partial charge in [-0.3, -0.25) is 0 Å². The van der Waals surface area contributed by atoms with Crippen molar-refractivity contribution in [3.8, 4) is 5.88 Å². The fourth-order valence-corrected chi connectivity index (χ4v) is 3.22. The van der Waals surface area contributed by atoms with E-state index in [-0.39, 0.29) is 10.9 Å². The van der Waals surface area contributed by atoms with Gasteiger partial charge in [0.15, 0.2) is 5.65 Å². The number of hydrogen-bond acceptors (Lipinski definition) is 3. The Morgan fingerprint density at radius 2 is 2.13 bits per heavy atom. The molecule has 4 nitrogen and oxygen atoms in total. The van der Waals surface area contributed by atoms with Crippen molar-refractivity contribution in [1.29, 1.82) is 0 Å². The molecule has 1 aromatic carbocycles. The highest BCUT2D eigenvalue weighted by Crippen LogP contribution is 2.40. The van der Waals surface area contributed by atoms with Crippen LogP contribution in [0.25, 0.3) is 5.65 Å². The van der Waals surface area contributed by atoms with E-state index in [4.69, 9.17) is 11.6 Å². The second-order valence-electron chi connectivity index (χ2n) is 5.95. The van der Waals surface area contributed by atoms with Gasteiger partial charge in [0.1, 0.15) is 5.82 Å². The summed E-state index contributed by atoms with van der Waals surface area (Å²) in [6.07, 6.45) is 5.40. The highest BCUT2D eigenvalue weighted by atomic mass is 35.5. The second-order valence-corrected chi connectivity index (χ2v) is 6.36. The largest absolute Gasteiger partial charge is 0.493 e. The van der Waals surface area contributed by atoms with E-state index >= 15 is 0 Å². The highest BCUT2D eigenvalue weighted by Gasteiger charge is 2.27. The Morgan fingerprint density at radius 3 is 2.83 bits per heavy atom. The van der Waals surface area contributed by atoms with Crippen LogP contribution in [0.1, 0.15) is 42.0 Å². The lowest BCUT2D eigenvalue weighted by Gasteiger charge is -2.27. The average molecular weight is 332 g/mol. The number of fused-ring (bicyclic) bond motifs is 1. The van der Waals surface area contributed by atoms with Gasteiger partial charge in [-0.1, -0.05) is 24.1 Å². The lowest BCUT2D eigenvalue weighted by Crippen LogP contribution is -2.15. The molecular formula is C17H15ClFN3O. The first-order chi connectivity index (χ1) is 11.1. The fraction of sp³-hybridized carbons (Fsp3) is 0.294. The SMILES string of the molecule is Oc1c(Cc2ccc(F)c(Cl)c2)c(C2CCC2)nc2ccnn12. The van der Waals surface area contributed by atoms with Gasteiger partial charge < -0.3 is 5.11 Å². The van der Waals surface area contributed by atoms with Crippen molar-refractivity contribution in [3.05, 3.63) is 58.1 Å². The van der Waals surface area contributed by atoms with Crippen molar-refractivity contribution >= 4 is 17.2 Å². The van der Waals surface area contributed by atoms with Crippen LogP contribution < -0.4 is 0 Å². The van der Waals surface area contributed by atoms with Crippen LogP contribution in [0.3, 0.4) is 0 Å². The summed E-state index contributed by atoms with van der Waals surface area (Å²) in [5, 5.41) is 14.8. The normalized spacial score (nSPS) is 15.0. The molecule has 3 aromatic rings. The number of aromatic nitrogens is 3. The Labute approximate surface area is 137 Å². The maximum absolute atomic E-state index is 13.3. The minimum Gasteiger partial charge on any atom is -0.493 e. The summed E-state index contributed by atoms with van der Waals surface area (Å²) < 4.78 is 14.8. The van der Waals surface area contributed by atoms with Crippen LogP contribution in [-0.2, 0) is 6.42 Å². The van der Waals surface area contributed by atoms with E-state index in [1.54, 1.807) is 24.4 Å². The molecule has 0 bridgehead atoms. The molecular weight excluding hydrogens is 317 g/mol. The van der Waals surface area contributed by atoms with Gasteiger partial charge in [-0.15, -0.1) is 0 Å². The predicted octanol–water partition coefficient (Wildman–Crippen LogP) is 4.09. The molecule has 2 heterocycles. The molecule has 0 amide bonds. The van der Waals surface area contributed by atoms with Gasteiger partial charge in [0.05, 0.1) is 16.9 Å². The van der Waals surface area contributed by atoms with Crippen LogP contribution in [0.2, 0.25) is 5.02 Å². The topological polar surface area (TPSA) is 50.4 Å². The van der Waals surface area contributed by atoms with E-state index in [2.05, 4.69) is 10.1 Å². The monoisotopic (exact) mass is 331 g/mol. The first kappa shape index (κ1) is 14.5. The number of halogens is 2. The van der Waals surface area contributed by atoms with Crippen molar-refractivity contribution in [3.63, 3.8) is 0 Å². The fourth-order valence-electron chi connectivity index (χ4n) is 3.02. The number of benzene rings is 1. The minimum atomic E-state index is -0.445. The zero-order chi connectivity index (χ0) is 16.0. The molecule has 0 unspecified atom stereocenters. The lowest BCUT2D eigenvalue weighted by molar-refractivity contribution is 0.393. The van der Waals surface area contributed by atoms with Crippen molar-refractivity contribution in [1.82, 2.24) is 14.6 Å². The number of hydrogen-bond donors (Lipinski definition) is 1. The summed E-state index contributed by atoms with van der Waals surface area (Å²) in [4.78, 5) is 4.69. The van der Waals surface area contributed by atoms with E-state index in [0.717, 1.165) is 29.7 Å². The van der Waals surface area contributed by atoms with Gasteiger partial charge in [0.2, 0.25) is 5.88 Å². The first-order valence-corrected chi connectivity index (χ1v) is 8.00. The molecule has 0 atom stereocenters. The van der Waals surface area contributed by atoms with Crippen molar-refractivity contribution in [2.45, 2.75) is 31.6 Å². The van der Waals surface area contributed by atoms with Gasteiger partial charge in [-0.05, 0) is 30.5 Å². The third-order valence-electron chi connectivity index (χ3n) is 4.49. The molecule has 2 aromatic heterocycles. The van der Waals surface area contributed by atoms with Crippen LogP contribution >= 0.6 is 11.6 Å². The van der Waals surface area contributed by atoms with Gasteiger partial charge in [-0.25, -0.2) is 9.37 Å². The maximum Gasteiger partial charge on any atom is 0.219 e. The summed E-state index contributed by atoms with van der Waals surface area (Å²) in [6.45, 7) is 0. The number of aromatic hydroxyl groups is 1. The molecule has 0 spiro atoms. The number of nitrogens with zero attached hydrogens (tertiary/aromatic N) is 3. The number of rotatable bonds is 3. The third kappa shape index (κ3) is 2.45. The highest BCUT2D eigenvalue weighted by molar-refractivity contribution is 6.30. The Morgan fingerprint density at radius 1 is 1.30 bits per heavy atom. The van der Waals surface area contributed by atoms with E-state index in [1.165, 1.54) is 17.0 Å². The smallest absolute Gasteiger partial charge is 0.219 e. The van der Waals surface area contributed by atoms with Gasteiger partial charge in [0, 0.05) is 24.0 Å². The first-order valence-electron chi connectivity index (χ1n) is 7.63. The standard InChI is InChI=1S/C17H15ClFN3O/c18-13-9-10(4-5-14(13)19)8-12-16(11-2-1-3-11)21-15-6-7-20-22(15)17(12)23/h4-7,9,11,23H,1-3,8H2. The minimum absolute atomic E-state index is 0.0836. The molecule has 1 fully saturated rings. The maximum atomic E-state index is 13.3. The van der Waals surface area contributed by atoms with E-state index in [9.17, 15) is 9.50 Å². The van der Waals surface area contributed by atoms with Crippen molar-refractivity contribution < 1.29 is 9.50 Å². The van der Waals surface area contributed by atoms with E-state index < -0.39 is 5.82 Å². The molecule has 0 aliphatic heterocycles. The molecule has 1 aliphatic carbocycles. The molecule has 6 heteroatoms. The Kier molecular flexibility index (Phi) is 3.45. The van der Waals surface area contributed by atoms with Crippen molar-refractivity contribution in [2.24, 2.45) is 0 Å². The molecule has 1 saturated carbocycles.